The second-order valence-electron chi connectivity index (χ2n) is 6.33. The number of piperazine rings is 1. The molecule has 1 unspecified atom stereocenters. The van der Waals surface area contributed by atoms with Crippen LogP contribution in [0.2, 0.25) is 0 Å². The van der Waals surface area contributed by atoms with E-state index in [0.717, 1.165) is 29.4 Å². The summed E-state index contributed by atoms with van der Waals surface area (Å²) in [5.41, 5.74) is 1.13. The van der Waals surface area contributed by atoms with Crippen LogP contribution < -0.4 is 10.1 Å². The van der Waals surface area contributed by atoms with Crippen molar-refractivity contribution < 1.29 is 14.3 Å². The van der Waals surface area contributed by atoms with Crippen LogP contribution in [0.15, 0.2) is 24.3 Å². The molecular formula is C18H25N3O3S. The monoisotopic (exact) mass is 363 g/mol. The minimum absolute atomic E-state index is 0.0534. The number of amides is 2. The fourth-order valence-electron chi connectivity index (χ4n) is 3.15. The fourth-order valence-corrected chi connectivity index (χ4v) is 4.09. The van der Waals surface area contributed by atoms with Crippen molar-refractivity contribution in [1.82, 2.24) is 15.1 Å². The summed E-state index contributed by atoms with van der Waals surface area (Å²) in [6.07, 6.45) is 1.23. The molecule has 0 aromatic heterocycles. The maximum Gasteiger partial charge on any atom is 0.240 e. The van der Waals surface area contributed by atoms with Crippen LogP contribution in [0.1, 0.15) is 12.0 Å². The Morgan fingerprint density at radius 2 is 1.84 bits per heavy atom. The number of ether oxygens (including phenoxy) is 1. The number of hydrogen-bond donors (Lipinski definition) is 1. The van der Waals surface area contributed by atoms with Gasteiger partial charge in [-0.05, 0) is 24.1 Å². The first-order valence-electron chi connectivity index (χ1n) is 8.68. The van der Waals surface area contributed by atoms with E-state index in [2.05, 4.69) is 5.32 Å². The van der Waals surface area contributed by atoms with Crippen LogP contribution in [0.5, 0.6) is 5.75 Å². The second kappa shape index (κ2) is 8.58. The number of thioether (sulfide) groups is 1. The first kappa shape index (κ1) is 18.1. The van der Waals surface area contributed by atoms with Crippen molar-refractivity contribution in [3.8, 4) is 5.75 Å². The molecule has 2 aliphatic rings. The van der Waals surface area contributed by atoms with Crippen molar-refractivity contribution in [2.45, 2.75) is 18.9 Å². The second-order valence-corrected chi connectivity index (χ2v) is 7.36. The van der Waals surface area contributed by atoms with Gasteiger partial charge in [-0.15, -0.1) is 11.8 Å². The van der Waals surface area contributed by atoms with Crippen molar-refractivity contribution in [2.75, 3.05) is 44.9 Å². The summed E-state index contributed by atoms with van der Waals surface area (Å²) in [5, 5.41) is 3.22. The molecule has 1 aromatic carbocycles. The Labute approximate surface area is 152 Å². The number of nitrogens with one attached hydrogen (secondary N) is 1. The summed E-state index contributed by atoms with van der Waals surface area (Å²) >= 11 is 1.76. The molecule has 0 spiro atoms. The summed E-state index contributed by atoms with van der Waals surface area (Å²) in [4.78, 5) is 28.6. The minimum atomic E-state index is -0.0534. The van der Waals surface area contributed by atoms with E-state index in [1.54, 1.807) is 18.9 Å². The van der Waals surface area contributed by atoms with E-state index >= 15 is 0 Å². The van der Waals surface area contributed by atoms with Gasteiger partial charge >= 0.3 is 0 Å². The third kappa shape index (κ3) is 4.67. The first-order chi connectivity index (χ1) is 12.2. The van der Waals surface area contributed by atoms with Crippen LogP contribution in [0.4, 0.5) is 0 Å². The Morgan fingerprint density at radius 3 is 2.44 bits per heavy atom. The van der Waals surface area contributed by atoms with Gasteiger partial charge in [0.25, 0.3) is 0 Å². The van der Waals surface area contributed by atoms with Gasteiger partial charge in [-0.2, -0.15) is 0 Å². The average Bonchev–Trinajstić information content (AvgIpc) is 3.21. The van der Waals surface area contributed by atoms with Crippen molar-refractivity contribution in [3.05, 3.63) is 29.8 Å². The quantitative estimate of drug-likeness (QED) is 0.844. The molecule has 0 radical (unpaired) electrons. The lowest BCUT2D eigenvalue weighted by molar-refractivity contribution is -0.140. The molecule has 0 bridgehead atoms. The zero-order chi connectivity index (χ0) is 17.6. The van der Waals surface area contributed by atoms with Gasteiger partial charge in [0, 0.05) is 44.2 Å². The molecule has 1 atom stereocenters. The molecule has 1 aromatic rings. The summed E-state index contributed by atoms with van der Waals surface area (Å²) in [7, 11) is 1.64. The highest BCUT2D eigenvalue weighted by molar-refractivity contribution is 7.99. The van der Waals surface area contributed by atoms with Crippen LogP contribution in [-0.2, 0) is 16.0 Å². The number of aryl methyl sites for hydroxylation is 1. The third-order valence-electron chi connectivity index (χ3n) is 4.75. The zero-order valence-corrected chi connectivity index (χ0v) is 15.4. The summed E-state index contributed by atoms with van der Waals surface area (Å²) < 4.78 is 5.14. The Balaban J connectivity index is 1.42. The number of methoxy groups -OCH3 is 1. The normalized spacial score (nSPS) is 20.6. The van der Waals surface area contributed by atoms with Gasteiger partial charge in [0.05, 0.1) is 13.2 Å². The molecule has 0 saturated carbocycles. The SMILES string of the molecule is COc1ccc(CCC(=O)N2CCN(C(=O)C3CSCN3)CC2)cc1. The highest BCUT2D eigenvalue weighted by atomic mass is 32.2. The smallest absolute Gasteiger partial charge is 0.240 e. The highest BCUT2D eigenvalue weighted by Gasteiger charge is 2.30. The molecule has 2 heterocycles. The van der Waals surface area contributed by atoms with Crippen molar-refractivity contribution in [1.29, 1.82) is 0 Å². The molecule has 3 rings (SSSR count). The fraction of sp³-hybridized carbons (Fsp3) is 0.556. The van der Waals surface area contributed by atoms with Gasteiger partial charge in [0.2, 0.25) is 11.8 Å². The standard InChI is InChI=1S/C18H25N3O3S/c1-24-15-5-2-14(3-6-15)4-7-17(22)20-8-10-21(11-9-20)18(23)16-12-25-13-19-16/h2-3,5-6,16,19H,4,7-13H2,1H3. The summed E-state index contributed by atoms with van der Waals surface area (Å²) in [5.74, 6) is 2.86. The topological polar surface area (TPSA) is 61.9 Å². The van der Waals surface area contributed by atoms with Crippen LogP contribution in [-0.4, -0.2) is 72.6 Å². The van der Waals surface area contributed by atoms with E-state index < -0.39 is 0 Å². The average molecular weight is 363 g/mol. The van der Waals surface area contributed by atoms with Gasteiger partial charge in [0.1, 0.15) is 5.75 Å². The van der Waals surface area contributed by atoms with E-state index in [1.807, 2.05) is 34.1 Å². The Hall–Kier alpha value is -1.73. The number of hydrogen-bond acceptors (Lipinski definition) is 5. The molecular weight excluding hydrogens is 338 g/mol. The summed E-state index contributed by atoms with van der Waals surface area (Å²) in [6.45, 7) is 2.53. The number of carbonyl (C=O) groups is 2. The molecule has 2 fully saturated rings. The number of rotatable bonds is 5. The molecule has 6 nitrogen and oxygen atoms in total. The van der Waals surface area contributed by atoms with Gasteiger partial charge in [-0.25, -0.2) is 0 Å². The van der Waals surface area contributed by atoms with Crippen LogP contribution >= 0.6 is 11.8 Å². The molecule has 2 saturated heterocycles. The predicted octanol–water partition coefficient (Wildman–Crippen LogP) is 0.961. The van der Waals surface area contributed by atoms with Crippen LogP contribution in [0, 0.1) is 0 Å². The Morgan fingerprint density at radius 1 is 1.16 bits per heavy atom. The molecule has 2 amide bonds. The van der Waals surface area contributed by atoms with E-state index in [0.29, 0.717) is 32.6 Å². The lowest BCUT2D eigenvalue weighted by Gasteiger charge is -2.36. The van der Waals surface area contributed by atoms with Gasteiger partial charge in [-0.1, -0.05) is 12.1 Å². The summed E-state index contributed by atoms with van der Waals surface area (Å²) in [6, 6.07) is 7.77. The third-order valence-corrected chi connectivity index (χ3v) is 5.68. The molecule has 136 valence electrons. The first-order valence-corrected chi connectivity index (χ1v) is 9.83. The van der Waals surface area contributed by atoms with Crippen LogP contribution in [0.25, 0.3) is 0 Å². The maximum absolute atomic E-state index is 12.4. The molecule has 2 aliphatic heterocycles. The predicted molar refractivity (Wildman–Crippen MR) is 98.7 cm³/mol. The van der Waals surface area contributed by atoms with E-state index in [4.69, 9.17) is 4.74 Å². The minimum Gasteiger partial charge on any atom is -0.497 e. The van der Waals surface area contributed by atoms with E-state index in [-0.39, 0.29) is 17.9 Å². The van der Waals surface area contributed by atoms with E-state index in [9.17, 15) is 9.59 Å². The Bertz CT molecular complexity index is 594. The van der Waals surface area contributed by atoms with Crippen LogP contribution in [0.3, 0.4) is 0 Å². The molecule has 25 heavy (non-hydrogen) atoms. The van der Waals surface area contributed by atoms with E-state index in [1.165, 1.54) is 0 Å². The van der Waals surface area contributed by atoms with Gasteiger partial charge < -0.3 is 14.5 Å². The van der Waals surface area contributed by atoms with Crippen molar-refractivity contribution in [2.24, 2.45) is 0 Å². The van der Waals surface area contributed by atoms with Crippen molar-refractivity contribution in [3.63, 3.8) is 0 Å². The Kier molecular flexibility index (Phi) is 6.20. The molecule has 0 aliphatic carbocycles. The number of nitrogens with zero attached hydrogens (tertiary/aromatic N) is 2. The number of carbonyl (C=O) groups excluding carboxylic acids is 2. The zero-order valence-electron chi connectivity index (χ0n) is 14.6. The lowest BCUT2D eigenvalue weighted by Crippen LogP contribution is -2.54. The number of benzene rings is 1. The van der Waals surface area contributed by atoms with Gasteiger partial charge in [-0.3, -0.25) is 14.9 Å². The maximum atomic E-state index is 12.4. The largest absolute Gasteiger partial charge is 0.497 e. The molecule has 1 N–H and O–H groups in total. The molecule has 7 heteroatoms. The van der Waals surface area contributed by atoms with Crippen molar-refractivity contribution >= 4 is 23.6 Å². The highest BCUT2D eigenvalue weighted by Crippen LogP contribution is 2.15. The lowest BCUT2D eigenvalue weighted by atomic mass is 10.1. The van der Waals surface area contributed by atoms with Gasteiger partial charge in [0.15, 0.2) is 0 Å².